The van der Waals surface area contributed by atoms with Gasteiger partial charge in [-0.2, -0.15) is 0 Å². The van der Waals surface area contributed by atoms with E-state index in [1.165, 1.54) is 18.1 Å². The van der Waals surface area contributed by atoms with Gasteiger partial charge in [0.15, 0.2) is 0 Å². The quantitative estimate of drug-likeness (QED) is 0.737. The molecule has 2 rings (SSSR count). The molecule has 0 fully saturated rings. The zero-order valence-electron chi connectivity index (χ0n) is 15.4. The van der Waals surface area contributed by atoms with Crippen LogP contribution in [-0.2, 0) is 9.59 Å². The van der Waals surface area contributed by atoms with E-state index < -0.39 is 0 Å². The SMILES string of the molecule is COc1cccc(/C=C/C(=O)N(C)CC(=O)Nc2cc(Cl)ccc2OC)c1. The molecule has 27 heavy (non-hydrogen) atoms. The molecule has 0 aromatic heterocycles. The van der Waals surface area contributed by atoms with Crippen LogP contribution >= 0.6 is 11.6 Å². The number of likely N-dealkylation sites (N-methyl/N-ethyl adjacent to an activating group) is 1. The average molecular weight is 389 g/mol. The maximum Gasteiger partial charge on any atom is 0.246 e. The fourth-order valence-corrected chi connectivity index (χ4v) is 2.47. The molecule has 2 aromatic carbocycles. The molecule has 2 aromatic rings. The average Bonchev–Trinajstić information content (AvgIpc) is 2.66. The Kier molecular flexibility index (Phi) is 7.25. The summed E-state index contributed by atoms with van der Waals surface area (Å²) in [6.07, 6.45) is 3.07. The maximum atomic E-state index is 12.2. The number of carbonyl (C=O) groups excluding carboxylic acids is 2. The van der Waals surface area contributed by atoms with Gasteiger partial charge in [-0.15, -0.1) is 0 Å². The van der Waals surface area contributed by atoms with Crippen molar-refractivity contribution in [3.8, 4) is 11.5 Å². The number of nitrogens with zero attached hydrogens (tertiary/aromatic N) is 1. The molecular weight excluding hydrogens is 368 g/mol. The molecule has 142 valence electrons. The van der Waals surface area contributed by atoms with Gasteiger partial charge in [-0.05, 0) is 42.0 Å². The highest BCUT2D eigenvalue weighted by Gasteiger charge is 2.13. The topological polar surface area (TPSA) is 67.9 Å². The first-order chi connectivity index (χ1) is 12.9. The minimum absolute atomic E-state index is 0.114. The number of methoxy groups -OCH3 is 2. The first-order valence-electron chi connectivity index (χ1n) is 8.13. The fraction of sp³-hybridized carbons (Fsp3) is 0.200. The summed E-state index contributed by atoms with van der Waals surface area (Å²) in [5.41, 5.74) is 1.27. The van der Waals surface area contributed by atoms with Crippen LogP contribution in [0.25, 0.3) is 6.08 Å². The summed E-state index contributed by atoms with van der Waals surface area (Å²) in [7, 11) is 4.63. The van der Waals surface area contributed by atoms with Crippen molar-refractivity contribution < 1.29 is 19.1 Å². The number of nitrogens with one attached hydrogen (secondary N) is 1. The third-order valence-corrected chi connectivity index (χ3v) is 3.94. The van der Waals surface area contributed by atoms with E-state index in [2.05, 4.69) is 5.32 Å². The van der Waals surface area contributed by atoms with E-state index in [4.69, 9.17) is 21.1 Å². The molecule has 0 bridgehead atoms. The lowest BCUT2D eigenvalue weighted by Crippen LogP contribution is -2.33. The van der Waals surface area contributed by atoms with Crippen molar-refractivity contribution in [2.75, 3.05) is 33.1 Å². The summed E-state index contributed by atoms with van der Waals surface area (Å²) in [6, 6.07) is 12.2. The van der Waals surface area contributed by atoms with Crippen molar-refractivity contribution in [1.29, 1.82) is 0 Å². The summed E-state index contributed by atoms with van der Waals surface area (Å²) in [5.74, 6) is 0.527. The van der Waals surface area contributed by atoms with Gasteiger partial charge in [-0.1, -0.05) is 23.7 Å². The van der Waals surface area contributed by atoms with Crippen molar-refractivity contribution in [2.45, 2.75) is 0 Å². The summed E-state index contributed by atoms with van der Waals surface area (Å²) in [6.45, 7) is -0.114. The molecule has 0 radical (unpaired) electrons. The van der Waals surface area contributed by atoms with E-state index in [1.54, 1.807) is 38.4 Å². The van der Waals surface area contributed by atoms with Crippen molar-refractivity contribution in [2.24, 2.45) is 0 Å². The van der Waals surface area contributed by atoms with Crippen LogP contribution in [0.4, 0.5) is 5.69 Å². The molecule has 0 aliphatic rings. The second-order valence-corrected chi connectivity index (χ2v) is 6.13. The number of anilines is 1. The van der Waals surface area contributed by atoms with Gasteiger partial charge in [0.05, 0.1) is 26.5 Å². The Morgan fingerprint density at radius 2 is 1.93 bits per heavy atom. The molecule has 0 atom stereocenters. The second kappa shape index (κ2) is 9.64. The number of hydrogen-bond acceptors (Lipinski definition) is 4. The van der Waals surface area contributed by atoms with Crippen LogP contribution in [0.1, 0.15) is 5.56 Å². The van der Waals surface area contributed by atoms with Gasteiger partial charge in [0.25, 0.3) is 0 Å². The monoisotopic (exact) mass is 388 g/mol. The van der Waals surface area contributed by atoms with Crippen LogP contribution in [0.3, 0.4) is 0 Å². The van der Waals surface area contributed by atoms with Crippen molar-refractivity contribution in [3.05, 3.63) is 59.1 Å². The highest BCUT2D eigenvalue weighted by atomic mass is 35.5. The molecule has 0 aliphatic carbocycles. The summed E-state index contributed by atoms with van der Waals surface area (Å²) in [5, 5.41) is 3.16. The van der Waals surface area contributed by atoms with Crippen LogP contribution in [0, 0.1) is 0 Å². The third-order valence-electron chi connectivity index (χ3n) is 3.70. The predicted octanol–water partition coefficient (Wildman–Crippen LogP) is 3.47. The standard InChI is InChI=1S/C20H21ClN2O4/c1-23(20(25)10-7-14-5-4-6-16(11-14)26-2)13-19(24)22-17-12-15(21)8-9-18(17)27-3/h4-12H,13H2,1-3H3,(H,22,24)/b10-7+. The maximum absolute atomic E-state index is 12.2. The Balaban J connectivity index is 1.96. The van der Waals surface area contributed by atoms with Gasteiger partial charge in [-0.25, -0.2) is 0 Å². The number of halogens is 1. The number of carbonyl (C=O) groups is 2. The van der Waals surface area contributed by atoms with Crippen LogP contribution < -0.4 is 14.8 Å². The number of amides is 2. The lowest BCUT2D eigenvalue weighted by Gasteiger charge is -2.16. The molecule has 0 spiro atoms. The van der Waals surface area contributed by atoms with Gasteiger partial charge < -0.3 is 19.7 Å². The van der Waals surface area contributed by atoms with Gasteiger partial charge in [0.2, 0.25) is 11.8 Å². The van der Waals surface area contributed by atoms with Crippen LogP contribution in [0.5, 0.6) is 11.5 Å². The molecule has 6 nitrogen and oxygen atoms in total. The number of ether oxygens (including phenoxy) is 2. The summed E-state index contributed by atoms with van der Waals surface area (Å²) >= 11 is 5.95. The summed E-state index contributed by atoms with van der Waals surface area (Å²) < 4.78 is 10.3. The molecule has 0 unspecified atom stereocenters. The summed E-state index contributed by atoms with van der Waals surface area (Å²) in [4.78, 5) is 25.7. The van der Waals surface area contributed by atoms with Crippen LogP contribution in [0.15, 0.2) is 48.5 Å². The van der Waals surface area contributed by atoms with E-state index in [-0.39, 0.29) is 18.4 Å². The third kappa shape index (κ3) is 6.04. The molecule has 2 amide bonds. The smallest absolute Gasteiger partial charge is 0.246 e. The van der Waals surface area contributed by atoms with Crippen molar-refractivity contribution in [1.82, 2.24) is 4.90 Å². The Labute approximate surface area is 163 Å². The first-order valence-corrected chi connectivity index (χ1v) is 8.51. The number of hydrogen-bond donors (Lipinski definition) is 1. The zero-order valence-corrected chi connectivity index (χ0v) is 16.1. The number of benzene rings is 2. The molecular formula is C20H21ClN2O4. The van der Waals surface area contributed by atoms with Gasteiger partial charge >= 0.3 is 0 Å². The highest BCUT2D eigenvalue weighted by Crippen LogP contribution is 2.27. The first kappa shape index (κ1) is 20.3. The molecule has 1 N–H and O–H groups in total. The predicted molar refractivity (Wildman–Crippen MR) is 106 cm³/mol. The highest BCUT2D eigenvalue weighted by molar-refractivity contribution is 6.31. The van der Waals surface area contributed by atoms with E-state index in [0.717, 1.165) is 5.56 Å². The molecule has 0 heterocycles. The molecule has 0 aliphatic heterocycles. The van der Waals surface area contributed by atoms with Gasteiger partial charge in [0.1, 0.15) is 11.5 Å². The van der Waals surface area contributed by atoms with Crippen LogP contribution in [0.2, 0.25) is 5.02 Å². The fourth-order valence-electron chi connectivity index (χ4n) is 2.30. The second-order valence-electron chi connectivity index (χ2n) is 5.70. The minimum Gasteiger partial charge on any atom is -0.497 e. The molecule has 0 saturated heterocycles. The van der Waals surface area contributed by atoms with Gasteiger partial charge in [-0.3, -0.25) is 9.59 Å². The van der Waals surface area contributed by atoms with Crippen LogP contribution in [-0.4, -0.2) is 44.5 Å². The normalized spacial score (nSPS) is 10.5. The Hall–Kier alpha value is -2.99. The largest absolute Gasteiger partial charge is 0.497 e. The van der Waals surface area contributed by atoms with Crippen molar-refractivity contribution in [3.63, 3.8) is 0 Å². The van der Waals surface area contributed by atoms with Gasteiger partial charge in [0, 0.05) is 18.1 Å². The van der Waals surface area contributed by atoms with E-state index >= 15 is 0 Å². The van der Waals surface area contributed by atoms with E-state index in [9.17, 15) is 9.59 Å². The Morgan fingerprint density at radius 1 is 1.15 bits per heavy atom. The van der Waals surface area contributed by atoms with Crippen molar-refractivity contribution >= 4 is 35.2 Å². The molecule has 0 saturated carbocycles. The Bertz CT molecular complexity index is 852. The Morgan fingerprint density at radius 3 is 2.63 bits per heavy atom. The molecule has 7 heteroatoms. The zero-order chi connectivity index (χ0) is 19.8. The van der Waals surface area contributed by atoms with E-state index in [1.807, 2.05) is 24.3 Å². The number of rotatable bonds is 7. The van der Waals surface area contributed by atoms with E-state index in [0.29, 0.717) is 22.2 Å². The lowest BCUT2D eigenvalue weighted by molar-refractivity contribution is -0.129. The minimum atomic E-state index is -0.360. The lowest BCUT2D eigenvalue weighted by atomic mass is 10.2.